The number of nitrogens with two attached hydrogens (primary N) is 1. The summed E-state index contributed by atoms with van der Waals surface area (Å²) in [6.07, 6.45) is 6.25. The molecule has 0 radical (unpaired) electrons. The first-order valence-electron chi connectivity index (χ1n) is 17.2. The first-order chi connectivity index (χ1) is 21.2. The van der Waals surface area contributed by atoms with E-state index in [0.717, 1.165) is 37.7 Å². The van der Waals surface area contributed by atoms with Crippen LogP contribution in [0.25, 0.3) is 0 Å². The molecule has 0 aromatic heterocycles. The van der Waals surface area contributed by atoms with Crippen molar-refractivity contribution in [2.24, 2.45) is 28.9 Å². The third-order valence-corrected chi connectivity index (χ3v) is 13.6. The normalized spacial score (nSPS) is 29.6. The van der Waals surface area contributed by atoms with Gasteiger partial charge in [-0.15, -0.1) is 0 Å². The molecule has 0 aromatic carbocycles. The zero-order valence-electron chi connectivity index (χ0n) is 29.1. The number of nitrogens with one attached hydrogen (secondary N) is 3. The van der Waals surface area contributed by atoms with Crippen molar-refractivity contribution in [2.45, 2.75) is 147 Å². The van der Waals surface area contributed by atoms with E-state index >= 15 is 0 Å². The molecular formula is C34H57N5O6S. The second-order valence-electron chi connectivity index (χ2n) is 16.5. The summed E-state index contributed by atoms with van der Waals surface area (Å²) in [4.78, 5) is 56.4. The van der Waals surface area contributed by atoms with Crippen LogP contribution in [0.4, 0.5) is 4.79 Å². The first-order valence-corrected chi connectivity index (χ1v) is 18.7. The maximum atomic E-state index is 14.3. The van der Waals surface area contributed by atoms with E-state index in [-0.39, 0.29) is 41.0 Å². The van der Waals surface area contributed by atoms with Gasteiger partial charge in [0.1, 0.15) is 12.1 Å². The molecule has 1 heterocycles. The molecule has 11 nitrogen and oxygen atoms in total. The van der Waals surface area contributed by atoms with Gasteiger partial charge >= 0.3 is 6.03 Å². The Bertz CT molecular complexity index is 1340. The van der Waals surface area contributed by atoms with Gasteiger partial charge in [0.05, 0.1) is 21.7 Å². The number of allylic oxidation sites excluding steroid dienone is 1. The van der Waals surface area contributed by atoms with E-state index in [4.69, 9.17) is 5.73 Å². The summed E-state index contributed by atoms with van der Waals surface area (Å²) < 4.78 is 25.8. The molecule has 4 amide bonds. The lowest BCUT2D eigenvalue weighted by molar-refractivity contribution is -0.143. The molecule has 0 bridgehead atoms. The number of carbonyl (C=O) groups excluding carboxylic acids is 4. The summed E-state index contributed by atoms with van der Waals surface area (Å²) in [5.74, 6) is -0.582. The fourth-order valence-corrected chi connectivity index (χ4v) is 9.80. The summed E-state index contributed by atoms with van der Waals surface area (Å²) in [7, 11) is -3.53. The Hall–Kier alpha value is -2.63. The van der Waals surface area contributed by atoms with Crippen molar-refractivity contribution in [1.29, 1.82) is 0 Å². The van der Waals surface area contributed by atoms with Crippen LogP contribution in [0, 0.1) is 23.2 Å². The van der Waals surface area contributed by atoms with Crippen LogP contribution in [0.2, 0.25) is 0 Å². The molecule has 12 heteroatoms. The first kappa shape index (κ1) is 36.2. The number of carbonyl (C=O) groups is 4. The van der Waals surface area contributed by atoms with Crippen molar-refractivity contribution >= 4 is 33.5 Å². The van der Waals surface area contributed by atoms with Crippen LogP contribution in [0.5, 0.6) is 0 Å². The minimum atomic E-state index is -3.53. The Morgan fingerprint density at radius 2 is 1.63 bits per heavy atom. The summed E-state index contributed by atoms with van der Waals surface area (Å²) in [6, 6.07) is -3.65. The second-order valence-corrected chi connectivity index (χ2v) is 19.4. The Balaban J connectivity index is 1.53. The number of likely N-dealkylation sites (tertiary alicyclic amines) is 1. The van der Waals surface area contributed by atoms with Crippen molar-refractivity contribution in [1.82, 2.24) is 20.9 Å². The Kier molecular flexibility index (Phi) is 10.6. The SMILES string of the molecule is CC(C)C[C@H]1CCN(C(=O)[C@@H](NC(=O)N[C@H]2CCCC[C@H]2S(=O)(=O)C(C)(C)C)C(C)(C)C)[C@@H]1C(=O)NC1CC2CCC2=C(N)C1=O. The molecule has 2 unspecified atom stereocenters. The smallest absolute Gasteiger partial charge is 0.315 e. The number of ketones is 1. The maximum absolute atomic E-state index is 14.3. The molecule has 1 saturated heterocycles. The summed E-state index contributed by atoms with van der Waals surface area (Å²) in [5, 5.41) is 8.04. The Morgan fingerprint density at radius 3 is 2.20 bits per heavy atom. The van der Waals surface area contributed by atoms with Gasteiger partial charge in [0.15, 0.2) is 9.84 Å². The predicted molar refractivity (Wildman–Crippen MR) is 178 cm³/mol. The molecule has 46 heavy (non-hydrogen) atoms. The maximum Gasteiger partial charge on any atom is 0.315 e. The summed E-state index contributed by atoms with van der Waals surface area (Å²) >= 11 is 0. The van der Waals surface area contributed by atoms with Crippen LogP contribution in [0.3, 0.4) is 0 Å². The highest BCUT2D eigenvalue weighted by Gasteiger charge is 2.49. The van der Waals surface area contributed by atoms with Crippen molar-refractivity contribution in [3.63, 3.8) is 0 Å². The number of nitrogens with zero attached hydrogens (tertiary/aromatic N) is 1. The van der Waals surface area contributed by atoms with Gasteiger partial charge in [0.2, 0.25) is 17.6 Å². The van der Waals surface area contributed by atoms with E-state index in [0.29, 0.717) is 32.2 Å². The standard InChI is InChI=1S/C34H57N5O6S/c1-19(2)17-21-15-16-39(27(21)30(41)36-24-18-20-13-14-22(20)26(35)28(24)40)31(42)29(33(3,4)5)38-32(43)37-23-11-9-10-12-25(23)46(44,45)34(6,7)8/h19-21,23-25,27,29H,9-18,35H2,1-8H3,(H,36,41)(H2,37,38,43)/t20?,21-,23+,24?,25-,27+,29-/m1/s1. The average Bonchev–Trinajstić information content (AvgIpc) is 3.33. The molecule has 7 atom stereocenters. The molecule has 4 aliphatic rings. The lowest BCUT2D eigenvalue weighted by Crippen LogP contribution is -2.62. The number of rotatable bonds is 8. The molecule has 5 N–H and O–H groups in total. The van der Waals surface area contributed by atoms with Gasteiger partial charge in [-0.2, -0.15) is 0 Å². The quantitative estimate of drug-likeness (QED) is 0.308. The van der Waals surface area contributed by atoms with Crippen LogP contribution in [0.15, 0.2) is 11.3 Å². The zero-order valence-corrected chi connectivity index (χ0v) is 29.9. The molecular weight excluding hydrogens is 606 g/mol. The Labute approximate surface area is 275 Å². The van der Waals surface area contributed by atoms with E-state index in [1.807, 2.05) is 20.8 Å². The number of fused-ring (bicyclic) bond motifs is 1. The molecule has 0 aromatic rings. The third-order valence-electron chi connectivity index (χ3n) is 10.5. The van der Waals surface area contributed by atoms with E-state index in [1.54, 1.807) is 25.7 Å². The summed E-state index contributed by atoms with van der Waals surface area (Å²) in [5.41, 5.74) is 6.69. The van der Waals surface area contributed by atoms with Crippen molar-refractivity contribution in [3.05, 3.63) is 11.3 Å². The lowest BCUT2D eigenvalue weighted by Gasteiger charge is -2.40. The van der Waals surface area contributed by atoms with E-state index < -0.39 is 55.4 Å². The van der Waals surface area contributed by atoms with Gasteiger partial charge in [-0.05, 0) is 94.5 Å². The molecule has 2 saturated carbocycles. The lowest BCUT2D eigenvalue weighted by atomic mass is 9.69. The number of amides is 4. The van der Waals surface area contributed by atoms with Crippen molar-refractivity contribution < 1.29 is 27.6 Å². The topological polar surface area (TPSA) is 168 Å². The van der Waals surface area contributed by atoms with Gasteiger partial charge < -0.3 is 26.6 Å². The van der Waals surface area contributed by atoms with Crippen molar-refractivity contribution in [2.75, 3.05) is 6.54 Å². The fourth-order valence-electron chi connectivity index (χ4n) is 7.78. The Morgan fingerprint density at radius 1 is 0.978 bits per heavy atom. The molecule has 0 spiro atoms. The van der Waals surface area contributed by atoms with Gasteiger partial charge in [-0.1, -0.05) is 47.5 Å². The highest BCUT2D eigenvalue weighted by atomic mass is 32.2. The molecule has 1 aliphatic heterocycles. The minimum Gasteiger partial charge on any atom is -0.396 e. The fraction of sp³-hybridized carbons (Fsp3) is 0.824. The highest BCUT2D eigenvalue weighted by Crippen LogP contribution is 2.42. The van der Waals surface area contributed by atoms with Crippen LogP contribution < -0.4 is 21.7 Å². The molecule has 260 valence electrons. The number of hydrogen-bond donors (Lipinski definition) is 4. The monoisotopic (exact) mass is 663 g/mol. The largest absolute Gasteiger partial charge is 0.396 e. The average molecular weight is 664 g/mol. The van der Waals surface area contributed by atoms with Gasteiger partial charge in [-0.3, -0.25) is 14.4 Å². The van der Waals surface area contributed by atoms with Crippen LogP contribution in [-0.4, -0.2) is 77.7 Å². The van der Waals surface area contributed by atoms with E-state index in [9.17, 15) is 27.6 Å². The van der Waals surface area contributed by atoms with E-state index in [2.05, 4.69) is 29.8 Å². The predicted octanol–water partition coefficient (Wildman–Crippen LogP) is 3.57. The van der Waals surface area contributed by atoms with Crippen LogP contribution in [-0.2, 0) is 24.2 Å². The number of urea groups is 1. The zero-order chi connectivity index (χ0) is 34.4. The third kappa shape index (κ3) is 7.41. The van der Waals surface area contributed by atoms with Gasteiger partial charge in [0.25, 0.3) is 0 Å². The number of hydrogen-bond acceptors (Lipinski definition) is 7. The molecule has 4 rings (SSSR count). The van der Waals surface area contributed by atoms with Crippen LogP contribution >= 0.6 is 0 Å². The highest BCUT2D eigenvalue weighted by molar-refractivity contribution is 7.93. The second kappa shape index (κ2) is 13.5. The van der Waals surface area contributed by atoms with Crippen LogP contribution in [0.1, 0.15) is 113 Å². The number of Topliss-reactive ketones (excluding diaryl/α,β-unsaturated/α-hetero) is 1. The molecule has 3 aliphatic carbocycles. The van der Waals surface area contributed by atoms with Gasteiger partial charge in [0, 0.05) is 12.6 Å². The minimum absolute atomic E-state index is 0.102. The molecule has 3 fully saturated rings. The van der Waals surface area contributed by atoms with E-state index in [1.165, 1.54) is 0 Å². The van der Waals surface area contributed by atoms with Crippen molar-refractivity contribution in [3.8, 4) is 0 Å². The number of sulfone groups is 1. The summed E-state index contributed by atoms with van der Waals surface area (Å²) in [6.45, 7) is 15.1. The van der Waals surface area contributed by atoms with Gasteiger partial charge in [-0.25, -0.2) is 13.2 Å².